The second kappa shape index (κ2) is 6.72. The molecule has 0 radical (unpaired) electrons. The molecule has 0 bridgehead atoms. The number of benzene rings is 1. The van der Waals surface area contributed by atoms with Gasteiger partial charge in [0.05, 0.1) is 5.75 Å². The Bertz CT molecular complexity index is 500. The van der Waals surface area contributed by atoms with Gasteiger partial charge in [0.1, 0.15) is 5.75 Å². The third-order valence-corrected chi connectivity index (χ3v) is 4.00. The van der Waals surface area contributed by atoms with Crippen LogP contribution in [-0.2, 0) is 14.6 Å². The quantitative estimate of drug-likeness (QED) is 0.819. The van der Waals surface area contributed by atoms with Gasteiger partial charge in [-0.1, -0.05) is 11.6 Å². The molecular formula is C11H15ClN2O3S. The standard InChI is InChI=1S/C11H15ClN2O3S/c12-9-2-4-10(5-3-9)14-11(15)8-18(16,17)7-1-6-13/h2-5H,1,6-8,13H2,(H,14,15). The smallest absolute Gasteiger partial charge is 0.239 e. The Kier molecular flexibility index (Phi) is 5.58. The van der Waals surface area contributed by atoms with Crippen LogP contribution in [0.4, 0.5) is 5.69 Å². The van der Waals surface area contributed by atoms with E-state index in [1.54, 1.807) is 24.3 Å². The average Bonchev–Trinajstić information content (AvgIpc) is 2.29. The summed E-state index contributed by atoms with van der Waals surface area (Å²) in [7, 11) is -3.39. The zero-order valence-corrected chi connectivity index (χ0v) is 11.3. The van der Waals surface area contributed by atoms with E-state index >= 15 is 0 Å². The van der Waals surface area contributed by atoms with Crippen LogP contribution in [0.2, 0.25) is 5.02 Å². The van der Waals surface area contributed by atoms with Crippen LogP contribution in [0.5, 0.6) is 0 Å². The summed E-state index contributed by atoms with van der Waals surface area (Å²) in [5, 5.41) is 3.04. The molecule has 1 aromatic carbocycles. The summed E-state index contributed by atoms with van der Waals surface area (Å²) in [6.07, 6.45) is 0.358. The van der Waals surface area contributed by atoms with Gasteiger partial charge in [-0.3, -0.25) is 4.79 Å². The Morgan fingerprint density at radius 1 is 1.28 bits per heavy atom. The highest BCUT2D eigenvalue weighted by Gasteiger charge is 2.16. The Balaban J connectivity index is 2.54. The minimum atomic E-state index is -3.39. The maximum atomic E-state index is 11.5. The highest BCUT2D eigenvalue weighted by atomic mass is 35.5. The summed E-state index contributed by atoms with van der Waals surface area (Å²) < 4.78 is 23.0. The van der Waals surface area contributed by atoms with Gasteiger partial charge in [0, 0.05) is 10.7 Å². The van der Waals surface area contributed by atoms with E-state index in [4.69, 9.17) is 17.3 Å². The number of halogens is 1. The molecule has 0 aromatic heterocycles. The summed E-state index contributed by atoms with van der Waals surface area (Å²) in [6, 6.07) is 6.43. The number of sulfone groups is 1. The molecule has 1 amide bonds. The predicted molar refractivity (Wildman–Crippen MR) is 72.4 cm³/mol. The van der Waals surface area contributed by atoms with Gasteiger partial charge in [-0.05, 0) is 37.2 Å². The second-order valence-corrected chi connectivity index (χ2v) is 6.41. The van der Waals surface area contributed by atoms with E-state index < -0.39 is 21.5 Å². The maximum Gasteiger partial charge on any atom is 0.239 e. The van der Waals surface area contributed by atoms with Gasteiger partial charge >= 0.3 is 0 Å². The molecule has 0 heterocycles. The van der Waals surface area contributed by atoms with E-state index in [2.05, 4.69) is 5.32 Å². The predicted octanol–water partition coefficient (Wildman–Crippen LogP) is 1.04. The van der Waals surface area contributed by atoms with E-state index in [9.17, 15) is 13.2 Å². The summed E-state index contributed by atoms with van der Waals surface area (Å²) in [5.74, 6) is -1.16. The molecule has 0 saturated heterocycles. The minimum Gasteiger partial charge on any atom is -0.330 e. The van der Waals surface area contributed by atoms with Crippen molar-refractivity contribution in [1.29, 1.82) is 0 Å². The summed E-state index contributed by atoms with van der Waals surface area (Å²) in [4.78, 5) is 11.5. The molecule has 7 heteroatoms. The first-order valence-corrected chi connectivity index (χ1v) is 7.59. The van der Waals surface area contributed by atoms with E-state index in [0.717, 1.165) is 0 Å². The fraction of sp³-hybridized carbons (Fsp3) is 0.364. The fourth-order valence-corrected chi connectivity index (χ4v) is 2.65. The van der Waals surface area contributed by atoms with Crippen molar-refractivity contribution in [3.8, 4) is 0 Å². The molecule has 0 fully saturated rings. The first-order chi connectivity index (χ1) is 8.43. The normalized spacial score (nSPS) is 11.2. The molecule has 0 aliphatic carbocycles. The molecule has 3 N–H and O–H groups in total. The number of carbonyl (C=O) groups excluding carboxylic acids is 1. The highest BCUT2D eigenvalue weighted by Crippen LogP contribution is 2.13. The minimum absolute atomic E-state index is 0.0719. The van der Waals surface area contributed by atoms with Crippen LogP contribution in [-0.4, -0.2) is 32.4 Å². The maximum absolute atomic E-state index is 11.5. The number of nitrogens with one attached hydrogen (secondary N) is 1. The first-order valence-electron chi connectivity index (χ1n) is 5.39. The van der Waals surface area contributed by atoms with Gasteiger partial charge in [0.15, 0.2) is 9.84 Å². The molecule has 18 heavy (non-hydrogen) atoms. The van der Waals surface area contributed by atoms with Gasteiger partial charge in [-0.2, -0.15) is 0 Å². The molecule has 5 nitrogen and oxygen atoms in total. The fourth-order valence-electron chi connectivity index (χ4n) is 1.31. The van der Waals surface area contributed by atoms with Crippen LogP contribution in [0.15, 0.2) is 24.3 Å². The second-order valence-electron chi connectivity index (χ2n) is 3.79. The largest absolute Gasteiger partial charge is 0.330 e. The number of anilines is 1. The van der Waals surface area contributed by atoms with Crippen molar-refractivity contribution in [3.05, 3.63) is 29.3 Å². The van der Waals surface area contributed by atoms with Crippen LogP contribution < -0.4 is 11.1 Å². The van der Waals surface area contributed by atoms with Crippen molar-refractivity contribution in [2.24, 2.45) is 5.73 Å². The summed E-state index contributed by atoms with van der Waals surface area (Å²) in [5.41, 5.74) is 5.74. The van der Waals surface area contributed by atoms with Crippen LogP contribution in [0.1, 0.15) is 6.42 Å². The van der Waals surface area contributed by atoms with E-state index in [0.29, 0.717) is 17.1 Å². The van der Waals surface area contributed by atoms with E-state index in [-0.39, 0.29) is 12.3 Å². The average molecular weight is 291 g/mol. The van der Waals surface area contributed by atoms with Crippen molar-refractivity contribution in [3.63, 3.8) is 0 Å². The van der Waals surface area contributed by atoms with Gasteiger partial charge in [-0.25, -0.2) is 8.42 Å². The number of hydrogen-bond donors (Lipinski definition) is 2. The lowest BCUT2D eigenvalue weighted by Gasteiger charge is -2.06. The third kappa shape index (κ3) is 5.48. The number of hydrogen-bond acceptors (Lipinski definition) is 4. The lowest BCUT2D eigenvalue weighted by atomic mass is 10.3. The van der Waals surface area contributed by atoms with Gasteiger partial charge in [0.25, 0.3) is 0 Å². The van der Waals surface area contributed by atoms with Crippen LogP contribution in [0, 0.1) is 0 Å². The molecule has 0 saturated carbocycles. The number of rotatable bonds is 6. The Morgan fingerprint density at radius 2 is 1.89 bits per heavy atom. The monoisotopic (exact) mass is 290 g/mol. The molecule has 100 valence electrons. The Labute approximate surface area is 111 Å². The molecule has 0 aliphatic rings. The van der Waals surface area contributed by atoms with Crippen LogP contribution in [0.3, 0.4) is 0 Å². The Hall–Kier alpha value is -1.11. The third-order valence-electron chi connectivity index (χ3n) is 2.14. The first kappa shape index (κ1) is 14.9. The molecule has 0 aliphatic heterocycles. The van der Waals surface area contributed by atoms with Crippen molar-refractivity contribution < 1.29 is 13.2 Å². The van der Waals surface area contributed by atoms with Crippen molar-refractivity contribution in [2.45, 2.75) is 6.42 Å². The van der Waals surface area contributed by atoms with Crippen molar-refractivity contribution in [2.75, 3.05) is 23.4 Å². The zero-order valence-electron chi connectivity index (χ0n) is 9.73. The highest BCUT2D eigenvalue weighted by molar-refractivity contribution is 7.92. The molecular weight excluding hydrogens is 276 g/mol. The van der Waals surface area contributed by atoms with Crippen LogP contribution in [0.25, 0.3) is 0 Å². The lowest BCUT2D eigenvalue weighted by molar-refractivity contribution is -0.113. The molecule has 1 rings (SSSR count). The van der Waals surface area contributed by atoms with Gasteiger partial charge < -0.3 is 11.1 Å². The van der Waals surface area contributed by atoms with Crippen LogP contribution >= 0.6 is 11.6 Å². The summed E-state index contributed by atoms with van der Waals surface area (Å²) >= 11 is 5.69. The van der Waals surface area contributed by atoms with Gasteiger partial charge in [-0.15, -0.1) is 0 Å². The summed E-state index contributed by atoms with van der Waals surface area (Å²) in [6.45, 7) is 0.290. The van der Waals surface area contributed by atoms with E-state index in [1.807, 2.05) is 0 Å². The Morgan fingerprint density at radius 3 is 2.44 bits per heavy atom. The SMILES string of the molecule is NCCCS(=O)(=O)CC(=O)Nc1ccc(Cl)cc1. The lowest BCUT2D eigenvalue weighted by Crippen LogP contribution is -2.25. The molecule has 0 atom stereocenters. The number of carbonyl (C=O) groups is 1. The number of amides is 1. The number of nitrogens with two attached hydrogens (primary N) is 1. The van der Waals surface area contributed by atoms with Crippen molar-refractivity contribution in [1.82, 2.24) is 0 Å². The molecule has 0 unspecified atom stereocenters. The van der Waals surface area contributed by atoms with Crippen molar-refractivity contribution >= 4 is 33.0 Å². The van der Waals surface area contributed by atoms with E-state index in [1.165, 1.54) is 0 Å². The zero-order chi connectivity index (χ0) is 13.6. The van der Waals surface area contributed by atoms with Gasteiger partial charge in [0.2, 0.25) is 5.91 Å². The molecule has 0 spiro atoms. The molecule has 1 aromatic rings. The topological polar surface area (TPSA) is 89.3 Å².